The Kier molecular flexibility index (Phi) is 2.72. The number of esters is 1. The zero-order chi connectivity index (χ0) is 11.5. The molecule has 6 nitrogen and oxygen atoms in total. The molecular formula is C10H11N3O3. The van der Waals surface area contributed by atoms with Crippen molar-refractivity contribution in [3.05, 3.63) is 23.7 Å². The Morgan fingerprint density at radius 2 is 2.44 bits per heavy atom. The Balaban J connectivity index is 2.22. The molecular weight excluding hydrogens is 210 g/mol. The average Bonchev–Trinajstić information content (AvgIpc) is 2.85. The van der Waals surface area contributed by atoms with Crippen LogP contribution >= 0.6 is 0 Å². The minimum atomic E-state index is -0.440. The van der Waals surface area contributed by atoms with Gasteiger partial charge in [-0.1, -0.05) is 0 Å². The van der Waals surface area contributed by atoms with E-state index in [0.29, 0.717) is 18.2 Å². The van der Waals surface area contributed by atoms with E-state index >= 15 is 0 Å². The van der Waals surface area contributed by atoms with Crippen molar-refractivity contribution in [1.82, 2.24) is 15.2 Å². The van der Waals surface area contributed by atoms with Gasteiger partial charge in [-0.2, -0.15) is 5.10 Å². The third-order valence-electron chi connectivity index (χ3n) is 1.91. The molecule has 0 aromatic carbocycles. The van der Waals surface area contributed by atoms with Crippen molar-refractivity contribution >= 4 is 5.97 Å². The third kappa shape index (κ3) is 1.95. The SMILES string of the molecule is CCOC(=O)c1cc(-c2nc(C)co2)n[nH]1. The molecule has 0 spiro atoms. The Morgan fingerprint density at radius 3 is 3.06 bits per heavy atom. The number of ether oxygens (including phenoxy) is 1. The van der Waals surface area contributed by atoms with Crippen molar-refractivity contribution in [3.8, 4) is 11.6 Å². The first-order valence-electron chi connectivity index (χ1n) is 4.85. The quantitative estimate of drug-likeness (QED) is 0.795. The van der Waals surface area contributed by atoms with Crippen LogP contribution in [0.1, 0.15) is 23.1 Å². The summed E-state index contributed by atoms with van der Waals surface area (Å²) in [5.74, 6) is -0.0613. The number of rotatable bonds is 3. The van der Waals surface area contributed by atoms with E-state index in [1.165, 1.54) is 6.26 Å². The van der Waals surface area contributed by atoms with Crippen LogP contribution in [0.4, 0.5) is 0 Å². The van der Waals surface area contributed by atoms with Crippen molar-refractivity contribution in [3.63, 3.8) is 0 Å². The summed E-state index contributed by atoms with van der Waals surface area (Å²) >= 11 is 0. The molecule has 1 N–H and O–H groups in total. The van der Waals surface area contributed by atoms with Gasteiger partial charge in [-0.05, 0) is 13.8 Å². The fourth-order valence-electron chi connectivity index (χ4n) is 1.22. The minimum absolute atomic E-state index is 0.285. The number of aryl methyl sites for hydroxylation is 1. The van der Waals surface area contributed by atoms with Crippen LogP contribution < -0.4 is 0 Å². The van der Waals surface area contributed by atoms with Gasteiger partial charge < -0.3 is 9.15 Å². The molecule has 0 atom stereocenters. The van der Waals surface area contributed by atoms with Crippen LogP contribution in [0.5, 0.6) is 0 Å². The van der Waals surface area contributed by atoms with Crippen LogP contribution in [0.2, 0.25) is 0 Å². The molecule has 84 valence electrons. The topological polar surface area (TPSA) is 81.0 Å². The van der Waals surface area contributed by atoms with Crippen LogP contribution in [-0.2, 0) is 4.74 Å². The maximum atomic E-state index is 11.4. The molecule has 0 amide bonds. The first-order valence-corrected chi connectivity index (χ1v) is 4.85. The number of carbonyl (C=O) groups excluding carboxylic acids is 1. The van der Waals surface area contributed by atoms with E-state index in [4.69, 9.17) is 9.15 Å². The first-order chi connectivity index (χ1) is 7.70. The van der Waals surface area contributed by atoms with Gasteiger partial charge in [0.25, 0.3) is 0 Å². The minimum Gasteiger partial charge on any atom is -0.461 e. The highest BCUT2D eigenvalue weighted by Crippen LogP contribution is 2.16. The summed E-state index contributed by atoms with van der Waals surface area (Å²) in [6.45, 7) is 3.88. The molecule has 16 heavy (non-hydrogen) atoms. The van der Waals surface area contributed by atoms with E-state index < -0.39 is 5.97 Å². The number of hydrogen-bond donors (Lipinski definition) is 1. The number of nitrogens with one attached hydrogen (secondary N) is 1. The summed E-state index contributed by atoms with van der Waals surface area (Å²) in [7, 11) is 0. The average molecular weight is 221 g/mol. The maximum Gasteiger partial charge on any atom is 0.356 e. The number of aromatic amines is 1. The van der Waals surface area contributed by atoms with Crippen LogP contribution in [0.15, 0.2) is 16.7 Å². The lowest BCUT2D eigenvalue weighted by Crippen LogP contribution is -2.04. The summed E-state index contributed by atoms with van der Waals surface area (Å²) < 4.78 is 9.98. The van der Waals surface area contributed by atoms with Gasteiger partial charge in [0.05, 0.1) is 12.3 Å². The maximum absolute atomic E-state index is 11.4. The number of aromatic nitrogens is 3. The summed E-state index contributed by atoms with van der Waals surface area (Å²) in [5, 5.41) is 6.49. The molecule has 2 aromatic heterocycles. The molecule has 2 rings (SSSR count). The molecule has 0 saturated heterocycles. The molecule has 2 aromatic rings. The molecule has 0 aliphatic carbocycles. The normalized spacial score (nSPS) is 10.4. The summed E-state index contributed by atoms with van der Waals surface area (Å²) in [6.07, 6.45) is 1.52. The van der Waals surface area contributed by atoms with Gasteiger partial charge in [-0.3, -0.25) is 5.10 Å². The van der Waals surface area contributed by atoms with Crippen LogP contribution in [0.3, 0.4) is 0 Å². The fourth-order valence-corrected chi connectivity index (χ4v) is 1.22. The monoisotopic (exact) mass is 221 g/mol. The molecule has 0 aliphatic heterocycles. The Hall–Kier alpha value is -2.11. The zero-order valence-electron chi connectivity index (χ0n) is 8.98. The van der Waals surface area contributed by atoms with Crippen LogP contribution in [0, 0.1) is 6.92 Å². The number of hydrogen-bond acceptors (Lipinski definition) is 5. The Morgan fingerprint density at radius 1 is 1.62 bits per heavy atom. The van der Waals surface area contributed by atoms with Crippen molar-refractivity contribution in [2.24, 2.45) is 0 Å². The van der Waals surface area contributed by atoms with E-state index in [9.17, 15) is 4.79 Å². The van der Waals surface area contributed by atoms with Gasteiger partial charge >= 0.3 is 5.97 Å². The van der Waals surface area contributed by atoms with Crippen LogP contribution in [0.25, 0.3) is 11.6 Å². The largest absolute Gasteiger partial charge is 0.461 e. The molecule has 0 radical (unpaired) electrons. The van der Waals surface area contributed by atoms with Crippen molar-refractivity contribution in [2.75, 3.05) is 6.61 Å². The highest BCUT2D eigenvalue weighted by Gasteiger charge is 2.14. The highest BCUT2D eigenvalue weighted by atomic mass is 16.5. The molecule has 6 heteroatoms. The predicted octanol–water partition coefficient (Wildman–Crippen LogP) is 1.55. The number of H-pyrrole nitrogens is 1. The highest BCUT2D eigenvalue weighted by molar-refractivity contribution is 5.88. The molecule has 0 aliphatic rings. The van der Waals surface area contributed by atoms with Gasteiger partial charge in [-0.15, -0.1) is 0 Å². The van der Waals surface area contributed by atoms with Crippen molar-refractivity contribution in [2.45, 2.75) is 13.8 Å². The zero-order valence-corrected chi connectivity index (χ0v) is 8.98. The molecule has 0 saturated carbocycles. The van der Waals surface area contributed by atoms with Gasteiger partial charge in [-0.25, -0.2) is 9.78 Å². The molecule has 2 heterocycles. The van der Waals surface area contributed by atoms with E-state index in [2.05, 4.69) is 15.2 Å². The lowest BCUT2D eigenvalue weighted by Gasteiger charge is -1.95. The predicted molar refractivity (Wildman–Crippen MR) is 54.8 cm³/mol. The second-order valence-corrected chi connectivity index (χ2v) is 3.18. The van der Waals surface area contributed by atoms with Gasteiger partial charge in [0.1, 0.15) is 17.7 Å². The lowest BCUT2D eigenvalue weighted by atomic mass is 10.3. The summed E-state index contributed by atoms with van der Waals surface area (Å²) in [5.41, 5.74) is 1.53. The lowest BCUT2D eigenvalue weighted by molar-refractivity contribution is 0.0519. The molecule has 0 bridgehead atoms. The van der Waals surface area contributed by atoms with Gasteiger partial charge in [0, 0.05) is 6.07 Å². The van der Waals surface area contributed by atoms with E-state index in [1.807, 2.05) is 6.92 Å². The first kappa shape index (κ1) is 10.4. The number of nitrogens with zero attached hydrogens (tertiary/aromatic N) is 2. The Bertz CT molecular complexity index is 501. The van der Waals surface area contributed by atoms with E-state index in [-0.39, 0.29) is 5.69 Å². The molecule has 0 unspecified atom stereocenters. The van der Waals surface area contributed by atoms with Crippen molar-refractivity contribution < 1.29 is 13.9 Å². The second-order valence-electron chi connectivity index (χ2n) is 3.18. The van der Waals surface area contributed by atoms with E-state index in [1.54, 1.807) is 13.0 Å². The fraction of sp³-hybridized carbons (Fsp3) is 0.300. The molecule has 0 fully saturated rings. The summed E-state index contributed by atoms with van der Waals surface area (Å²) in [6, 6.07) is 1.54. The van der Waals surface area contributed by atoms with Gasteiger partial charge in [0.2, 0.25) is 5.89 Å². The summed E-state index contributed by atoms with van der Waals surface area (Å²) in [4.78, 5) is 15.4. The van der Waals surface area contributed by atoms with E-state index in [0.717, 1.165) is 5.69 Å². The second kappa shape index (κ2) is 4.18. The third-order valence-corrected chi connectivity index (χ3v) is 1.91. The van der Waals surface area contributed by atoms with Gasteiger partial charge in [0.15, 0.2) is 0 Å². The smallest absolute Gasteiger partial charge is 0.356 e. The number of oxazole rings is 1. The van der Waals surface area contributed by atoms with Crippen LogP contribution in [-0.4, -0.2) is 27.8 Å². The standard InChI is InChI=1S/C10H11N3O3/c1-3-15-10(14)8-4-7(12-13-8)9-11-6(2)5-16-9/h4-5H,3H2,1-2H3,(H,12,13). The van der Waals surface area contributed by atoms with Crippen molar-refractivity contribution in [1.29, 1.82) is 0 Å². The Labute approximate surface area is 91.6 Å². The number of carbonyl (C=O) groups is 1.